The Kier molecular flexibility index (Phi) is 3.75. The number of carbonyl (C=O) groups excluding carboxylic acids is 1. The molecule has 0 saturated carbocycles. The van der Waals surface area contributed by atoms with Crippen molar-refractivity contribution in [2.75, 3.05) is 5.06 Å². The molecule has 0 heterocycles. The first-order chi connectivity index (χ1) is 8.72. The molecule has 2 rings (SSSR count). The minimum absolute atomic E-state index is 0.431. The van der Waals surface area contributed by atoms with E-state index in [1.807, 2.05) is 18.2 Å². The lowest BCUT2D eigenvalue weighted by Gasteiger charge is -2.15. The van der Waals surface area contributed by atoms with Gasteiger partial charge < -0.3 is 0 Å². The number of rotatable bonds is 3. The van der Waals surface area contributed by atoms with Crippen LogP contribution in [0.5, 0.6) is 0 Å². The first-order valence-electron chi connectivity index (χ1n) is 5.89. The average molecular weight is 241 g/mol. The van der Waals surface area contributed by atoms with Crippen molar-refractivity contribution in [3.63, 3.8) is 0 Å². The SMILES string of the molecule is CCc1ccc(N(O)C(=O)c2ccccc2)cc1. The Balaban J connectivity index is 2.20. The first kappa shape index (κ1) is 12.3. The van der Waals surface area contributed by atoms with Crippen molar-refractivity contribution in [3.8, 4) is 0 Å². The van der Waals surface area contributed by atoms with E-state index in [1.165, 1.54) is 5.56 Å². The number of anilines is 1. The maximum Gasteiger partial charge on any atom is 0.281 e. The minimum Gasteiger partial charge on any atom is -0.281 e. The summed E-state index contributed by atoms with van der Waals surface area (Å²) in [5.74, 6) is -0.431. The van der Waals surface area contributed by atoms with Crippen molar-refractivity contribution in [1.29, 1.82) is 0 Å². The zero-order valence-corrected chi connectivity index (χ0v) is 10.2. The van der Waals surface area contributed by atoms with E-state index >= 15 is 0 Å². The number of hydrogen-bond acceptors (Lipinski definition) is 2. The molecule has 0 spiro atoms. The molecule has 3 nitrogen and oxygen atoms in total. The molecule has 3 heteroatoms. The van der Waals surface area contributed by atoms with E-state index in [1.54, 1.807) is 36.4 Å². The predicted molar refractivity (Wildman–Crippen MR) is 70.9 cm³/mol. The largest absolute Gasteiger partial charge is 0.281 e. The third-order valence-electron chi connectivity index (χ3n) is 2.80. The minimum atomic E-state index is -0.431. The van der Waals surface area contributed by atoms with Crippen LogP contribution >= 0.6 is 0 Å². The van der Waals surface area contributed by atoms with Crippen molar-refractivity contribution >= 4 is 11.6 Å². The summed E-state index contributed by atoms with van der Waals surface area (Å²) in [6.07, 6.45) is 0.929. The van der Waals surface area contributed by atoms with Gasteiger partial charge in [-0.3, -0.25) is 10.0 Å². The molecule has 0 aliphatic heterocycles. The molecule has 0 aliphatic rings. The van der Waals surface area contributed by atoms with E-state index in [-0.39, 0.29) is 0 Å². The summed E-state index contributed by atoms with van der Waals surface area (Å²) < 4.78 is 0. The summed E-state index contributed by atoms with van der Waals surface area (Å²) in [5.41, 5.74) is 2.10. The second-order valence-electron chi connectivity index (χ2n) is 4.00. The van der Waals surface area contributed by atoms with Gasteiger partial charge >= 0.3 is 0 Å². The summed E-state index contributed by atoms with van der Waals surface area (Å²) in [4.78, 5) is 12.0. The number of nitrogens with zero attached hydrogens (tertiary/aromatic N) is 1. The summed E-state index contributed by atoms with van der Waals surface area (Å²) >= 11 is 0. The van der Waals surface area contributed by atoms with Crippen LogP contribution in [0.2, 0.25) is 0 Å². The molecule has 0 saturated heterocycles. The lowest BCUT2D eigenvalue weighted by Crippen LogP contribution is -2.26. The number of amides is 1. The zero-order chi connectivity index (χ0) is 13.0. The van der Waals surface area contributed by atoms with Crippen molar-refractivity contribution in [1.82, 2.24) is 0 Å². The van der Waals surface area contributed by atoms with Crippen molar-refractivity contribution in [2.45, 2.75) is 13.3 Å². The van der Waals surface area contributed by atoms with E-state index in [0.717, 1.165) is 6.42 Å². The molecule has 0 bridgehead atoms. The summed E-state index contributed by atoms with van der Waals surface area (Å²) in [6.45, 7) is 2.06. The number of benzene rings is 2. The van der Waals surface area contributed by atoms with Crippen molar-refractivity contribution < 1.29 is 10.0 Å². The van der Waals surface area contributed by atoms with Crippen molar-refractivity contribution in [3.05, 3.63) is 65.7 Å². The van der Waals surface area contributed by atoms with Gasteiger partial charge in [0.1, 0.15) is 0 Å². The van der Waals surface area contributed by atoms with Gasteiger partial charge in [-0.15, -0.1) is 0 Å². The first-order valence-corrected chi connectivity index (χ1v) is 5.89. The van der Waals surface area contributed by atoms with Crippen LogP contribution in [0.1, 0.15) is 22.8 Å². The third-order valence-corrected chi connectivity index (χ3v) is 2.80. The highest BCUT2D eigenvalue weighted by Crippen LogP contribution is 2.16. The van der Waals surface area contributed by atoms with Gasteiger partial charge in [-0.1, -0.05) is 37.3 Å². The summed E-state index contributed by atoms with van der Waals surface area (Å²) in [7, 11) is 0. The van der Waals surface area contributed by atoms with Gasteiger partial charge in [0.05, 0.1) is 5.69 Å². The molecule has 0 unspecified atom stereocenters. The van der Waals surface area contributed by atoms with Crippen LogP contribution in [0.3, 0.4) is 0 Å². The van der Waals surface area contributed by atoms with Gasteiger partial charge in [-0.25, -0.2) is 0 Å². The molecule has 0 atom stereocenters. The van der Waals surface area contributed by atoms with Gasteiger partial charge in [-0.05, 0) is 36.2 Å². The highest BCUT2D eigenvalue weighted by Gasteiger charge is 2.14. The molecule has 92 valence electrons. The average Bonchev–Trinajstić information content (AvgIpc) is 2.47. The van der Waals surface area contributed by atoms with Crippen LogP contribution < -0.4 is 5.06 Å². The monoisotopic (exact) mass is 241 g/mol. The Morgan fingerprint density at radius 3 is 2.22 bits per heavy atom. The van der Waals surface area contributed by atoms with Gasteiger partial charge in [0.15, 0.2) is 0 Å². The maximum absolute atomic E-state index is 12.0. The molecule has 2 aromatic carbocycles. The fourth-order valence-electron chi connectivity index (χ4n) is 1.69. The van der Waals surface area contributed by atoms with E-state index in [9.17, 15) is 10.0 Å². The van der Waals surface area contributed by atoms with Crippen LogP contribution in [-0.4, -0.2) is 11.1 Å². The van der Waals surface area contributed by atoms with Crippen molar-refractivity contribution in [2.24, 2.45) is 0 Å². The number of hydroxylamine groups is 1. The van der Waals surface area contributed by atoms with E-state index in [4.69, 9.17) is 0 Å². The Morgan fingerprint density at radius 2 is 1.67 bits per heavy atom. The third kappa shape index (κ3) is 2.57. The standard InChI is InChI=1S/C15H15NO2/c1-2-12-8-10-14(11-9-12)16(18)15(17)13-6-4-3-5-7-13/h3-11,18H,2H2,1H3. The second-order valence-corrected chi connectivity index (χ2v) is 4.00. The molecular formula is C15H15NO2. The van der Waals surface area contributed by atoms with Crippen LogP contribution in [-0.2, 0) is 6.42 Å². The predicted octanol–water partition coefficient (Wildman–Crippen LogP) is 3.29. The highest BCUT2D eigenvalue weighted by atomic mass is 16.5. The van der Waals surface area contributed by atoms with Gasteiger partial charge in [0.2, 0.25) is 0 Å². The van der Waals surface area contributed by atoms with Gasteiger partial charge in [0, 0.05) is 5.56 Å². The second kappa shape index (κ2) is 5.47. The molecule has 0 aliphatic carbocycles. The molecule has 1 N–H and O–H groups in total. The quantitative estimate of drug-likeness (QED) is 0.661. The molecule has 18 heavy (non-hydrogen) atoms. The molecular weight excluding hydrogens is 226 g/mol. The molecule has 0 fully saturated rings. The van der Waals surface area contributed by atoms with Crippen LogP contribution in [0, 0.1) is 0 Å². The van der Waals surface area contributed by atoms with Crippen LogP contribution in [0.4, 0.5) is 5.69 Å². The fourth-order valence-corrected chi connectivity index (χ4v) is 1.69. The topological polar surface area (TPSA) is 40.5 Å². The molecule has 0 aromatic heterocycles. The van der Waals surface area contributed by atoms with Crippen LogP contribution in [0.15, 0.2) is 54.6 Å². The van der Waals surface area contributed by atoms with Gasteiger partial charge in [-0.2, -0.15) is 5.06 Å². The molecule has 0 radical (unpaired) electrons. The fraction of sp³-hybridized carbons (Fsp3) is 0.133. The van der Waals surface area contributed by atoms with Crippen LogP contribution in [0.25, 0.3) is 0 Å². The normalized spacial score (nSPS) is 10.1. The smallest absolute Gasteiger partial charge is 0.281 e. The summed E-state index contributed by atoms with van der Waals surface area (Å²) in [5, 5.41) is 10.6. The Labute approximate surface area is 106 Å². The number of carbonyl (C=O) groups is 1. The maximum atomic E-state index is 12.0. The lowest BCUT2D eigenvalue weighted by molar-refractivity contribution is 0.0855. The highest BCUT2D eigenvalue weighted by molar-refractivity contribution is 6.04. The Hall–Kier alpha value is -2.13. The van der Waals surface area contributed by atoms with E-state index in [0.29, 0.717) is 16.3 Å². The van der Waals surface area contributed by atoms with E-state index in [2.05, 4.69) is 6.92 Å². The molecule has 2 aromatic rings. The lowest BCUT2D eigenvalue weighted by atomic mass is 10.1. The Bertz CT molecular complexity index is 520. The van der Waals surface area contributed by atoms with Gasteiger partial charge in [0.25, 0.3) is 5.91 Å². The number of aryl methyl sites for hydroxylation is 1. The number of hydrogen-bond donors (Lipinski definition) is 1. The Morgan fingerprint density at radius 1 is 1.06 bits per heavy atom. The summed E-state index contributed by atoms with van der Waals surface area (Å²) in [6, 6.07) is 16.0. The molecule has 1 amide bonds. The van der Waals surface area contributed by atoms with E-state index < -0.39 is 5.91 Å². The zero-order valence-electron chi connectivity index (χ0n) is 10.2.